The van der Waals surface area contributed by atoms with Gasteiger partial charge in [-0.3, -0.25) is 4.55 Å². The van der Waals surface area contributed by atoms with Crippen LogP contribution in [0.3, 0.4) is 0 Å². The Labute approximate surface area is 85.2 Å². The summed E-state index contributed by atoms with van der Waals surface area (Å²) in [5.74, 6) is -1.13. The van der Waals surface area contributed by atoms with Crippen molar-refractivity contribution in [3.8, 4) is 0 Å². The third-order valence-electron chi connectivity index (χ3n) is 1.01. The second kappa shape index (κ2) is 5.58. The summed E-state index contributed by atoms with van der Waals surface area (Å²) < 4.78 is 25.2. The van der Waals surface area contributed by atoms with E-state index >= 15 is 0 Å². The van der Waals surface area contributed by atoms with Gasteiger partial charge in [-0.2, -0.15) is 8.42 Å². The molecule has 0 saturated carbocycles. The van der Waals surface area contributed by atoms with Crippen LogP contribution in [-0.4, -0.2) is 18.9 Å². The number of aromatic carboxylic acids is 1. The van der Waals surface area contributed by atoms with Crippen molar-refractivity contribution in [2.45, 2.75) is 0 Å². The van der Waals surface area contributed by atoms with E-state index in [-0.39, 0.29) is 5.56 Å². The molecule has 1 rings (SSSR count). The van der Waals surface area contributed by atoms with E-state index in [2.05, 4.69) is 10.7 Å². The molecular formula is C7H6ClO5S-. The predicted molar refractivity (Wildman–Crippen MR) is 48.2 cm³/mol. The van der Waals surface area contributed by atoms with E-state index in [9.17, 15) is 9.90 Å². The first-order chi connectivity index (χ1) is 6.30. The third-order valence-corrected chi connectivity index (χ3v) is 1.01. The fourth-order valence-corrected chi connectivity index (χ4v) is 0.574. The van der Waals surface area contributed by atoms with Gasteiger partial charge in [0.05, 0.1) is 5.97 Å². The van der Waals surface area contributed by atoms with Crippen molar-refractivity contribution in [1.82, 2.24) is 0 Å². The van der Waals surface area contributed by atoms with Crippen LogP contribution in [0.4, 0.5) is 0 Å². The zero-order chi connectivity index (χ0) is 11.2. The molecule has 0 amide bonds. The summed E-state index contributed by atoms with van der Waals surface area (Å²) in [6.07, 6.45) is 0. The summed E-state index contributed by atoms with van der Waals surface area (Å²) in [5, 5.41) is 10.1. The van der Waals surface area contributed by atoms with Crippen LogP contribution >= 0.6 is 10.7 Å². The van der Waals surface area contributed by atoms with E-state index in [0.717, 1.165) is 0 Å². The van der Waals surface area contributed by atoms with E-state index in [0.29, 0.717) is 0 Å². The van der Waals surface area contributed by atoms with Gasteiger partial charge in [0.15, 0.2) is 0 Å². The Morgan fingerprint density at radius 3 is 1.86 bits per heavy atom. The van der Waals surface area contributed by atoms with Gasteiger partial charge in [-0.25, -0.2) is 0 Å². The molecule has 7 heteroatoms. The van der Waals surface area contributed by atoms with Gasteiger partial charge in [-0.15, -0.1) is 0 Å². The monoisotopic (exact) mass is 237 g/mol. The summed E-state index contributed by atoms with van der Waals surface area (Å²) in [6.45, 7) is 0. The van der Waals surface area contributed by atoms with Gasteiger partial charge in [0.2, 0.25) is 0 Å². The average Bonchev–Trinajstić information content (AvgIpc) is 2.03. The molecule has 14 heavy (non-hydrogen) atoms. The number of carboxylic acid groups (broad SMARTS) is 1. The minimum absolute atomic E-state index is 0.220. The van der Waals surface area contributed by atoms with Crippen LogP contribution in [-0.2, 0) is 9.33 Å². The predicted octanol–water partition coefficient (Wildman–Crippen LogP) is 0.0781. The molecule has 0 radical (unpaired) electrons. The highest BCUT2D eigenvalue weighted by molar-refractivity contribution is 8.09. The standard InChI is InChI=1S/C7H6O2.ClHO3S/c8-7(9)6-4-2-1-3-5-6;1-5(2,3)4/h1-5H,(H,8,9);(H,2,3,4)/p-1. The van der Waals surface area contributed by atoms with Crippen molar-refractivity contribution >= 4 is 26.0 Å². The van der Waals surface area contributed by atoms with Crippen molar-refractivity contribution < 1.29 is 22.9 Å². The van der Waals surface area contributed by atoms with Crippen LogP contribution in [0.5, 0.6) is 0 Å². The first-order valence-electron chi connectivity index (χ1n) is 3.24. The van der Waals surface area contributed by atoms with Crippen LogP contribution in [0.1, 0.15) is 10.4 Å². The number of rotatable bonds is 1. The molecule has 0 saturated heterocycles. The molecule has 0 bridgehead atoms. The molecule has 1 aromatic carbocycles. The molecular weight excluding hydrogens is 232 g/mol. The fraction of sp³-hybridized carbons (Fsp3) is 0. The van der Waals surface area contributed by atoms with Crippen LogP contribution < -0.4 is 5.11 Å². The van der Waals surface area contributed by atoms with Crippen LogP contribution in [0.25, 0.3) is 0 Å². The van der Waals surface area contributed by atoms with Gasteiger partial charge in [0, 0.05) is 10.7 Å². The maximum atomic E-state index is 10.1. The summed E-state index contributed by atoms with van der Waals surface area (Å²) in [4.78, 5) is 10.1. The summed E-state index contributed by atoms with van der Waals surface area (Å²) in [5.41, 5.74) is 0.220. The maximum absolute atomic E-state index is 10.1. The van der Waals surface area contributed by atoms with E-state index in [1.54, 1.807) is 18.2 Å². The molecule has 0 heterocycles. The topological polar surface area (TPSA) is 94.5 Å². The molecule has 0 unspecified atom stereocenters. The van der Waals surface area contributed by atoms with E-state index in [4.69, 9.17) is 13.0 Å². The minimum atomic E-state index is -4.19. The molecule has 0 aliphatic rings. The zero-order valence-electron chi connectivity index (χ0n) is 6.75. The Kier molecular flexibility index (Phi) is 5.14. The Bertz CT molecular complexity index is 378. The molecule has 0 atom stereocenters. The first kappa shape index (κ1) is 12.9. The van der Waals surface area contributed by atoms with Gasteiger partial charge < -0.3 is 9.90 Å². The molecule has 1 aromatic rings. The van der Waals surface area contributed by atoms with E-state index in [1.807, 2.05) is 0 Å². The summed E-state index contributed by atoms with van der Waals surface area (Å²) in [6, 6.07) is 8.06. The van der Waals surface area contributed by atoms with Crippen LogP contribution in [0.2, 0.25) is 0 Å². The first-order valence-corrected chi connectivity index (χ1v) is 5.51. The highest BCUT2D eigenvalue weighted by Gasteiger charge is 1.87. The minimum Gasteiger partial charge on any atom is -0.545 e. The Morgan fingerprint density at radius 1 is 1.29 bits per heavy atom. The van der Waals surface area contributed by atoms with Crippen molar-refractivity contribution in [1.29, 1.82) is 0 Å². The summed E-state index contributed by atoms with van der Waals surface area (Å²) >= 11 is 0. The number of hydrogen-bond acceptors (Lipinski definition) is 4. The number of benzene rings is 1. The highest BCUT2D eigenvalue weighted by Crippen LogP contribution is 1.94. The number of carbonyl (C=O) groups excluding carboxylic acids is 1. The molecule has 0 spiro atoms. The van der Waals surface area contributed by atoms with Gasteiger partial charge >= 0.3 is 9.33 Å². The number of carboxylic acids is 1. The van der Waals surface area contributed by atoms with Crippen molar-refractivity contribution in [3.05, 3.63) is 35.9 Å². The van der Waals surface area contributed by atoms with Crippen molar-refractivity contribution in [2.75, 3.05) is 0 Å². The second-order valence-electron chi connectivity index (χ2n) is 2.07. The highest BCUT2D eigenvalue weighted by atomic mass is 35.7. The molecule has 1 N–H and O–H groups in total. The van der Waals surface area contributed by atoms with Gasteiger partial charge in [0.1, 0.15) is 0 Å². The van der Waals surface area contributed by atoms with E-state index in [1.165, 1.54) is 12.1 Å². The lowest BCUT2D eigenvalue weighted by atomic mass is 10.2. The van der Waals surface area contributed by atoms with Gasteiger partial charge in [-0.05, 0) is 5.56 Å². The van der Waals surface area contributed by atoms with Crippen LogP contribution in [0.15, 0.2) is 30.3 Å². The maximum Gasteiger partial charge on any atom is 0.353 e. The lowest BCUT2D eigenvalue weighted by Gasteiger charge is -1.97. The third kappa shape index (κ3) is 8.98. The quantitative estimate of drug-likeness (QED) is 0.551. The number of hydrogen-bond donors (Lipinski definition) is 1. The second-order valence-corrected chi connectivity index (χ2v) is 4.06. The van der Waals surface area contributed by atoms with Crippen molar-refractivity contribution in [2.24, 2.45) is 0 Å². The lowest BCUT2D eigenvalue weighted by Crippen LogP contribution is -2.21. The molecule has 0 fully saturated rings. The molecule has 0 aliphatic carbocycles. The lowest BCUT2D eigenvalue weighted by molar-refractivity contribution is -0.255. The van der Waals surface area contributed by atoms with Crippen molar-refractivity contribution in [3.63, 3.8) is 0 Å². The Morgan fingerprint density at radius 2 is 1.64 bits per heavy atom. The largest absolute Gasteiger partial charge is 0.545 e. The number of carbonyl (C=O) groups is 1. The smallest absolute Gasteiger partial charge is 0.353 e. The summed E-state index contributed by atoms with van der Waals surface area (Å²) in [7, 11) is -0.137. The van der Waals surface area contributed by atoms with E-state index < -0.39 is 15.3 Å². The van der Waals surface area contributed by atoms with Gasteiger partial charge in [-0.1, -0.05) is 30.3 Å². The van der Waals surface area contributed by atoms with Gasteiger partial charge in [0.25, 0.3) is 0 Å². The Hall–Kier alpha value is -1.11. The SMILES string of the molecule is O=C([O-])c1ccccc1.O=S(=O)(O)Cl. The Balaban J connectivity index is 0.000000292. The molecule has 78 valence electrons. The molecule has 0 aromatic heterocycles. The number of halogens is 1. The average molecular weight is 238 g/mol. The fourth-order valence-electron chi connectivity index (χ4n) is 0.574. The molecule has 0 aliphatic heterocycles. The normalized spacial score (nSPS) is 9.86. The van der Waals surface area contributed by atoms with Crippen LogP contribution in [0, 0.1) is 0 Å². The molecule has 5 nitrogen and oxygen atoms in total. The zero-order valence-corrected chi connectivity index (χ0v) is 8.33.